The van der Waals surface area contributed by atoms with Gasteiger partial charge in [-0.25, -0.2) is 4.39 Å². The molecule has 3 nitrogen and oxygen atoms in total. The fraction of sp³-hybridized carbons (Fsp3) is 0.118. The molecule has 0 radical (unpaired) electrons. The van der Waals surface area contributed by atoms with Gasteiger partial charge in [-0.05, 0) is 24.1 Å². The van der Waals surface area contributed by atoms with E-state index in [1.165, 1.54) is 12.1 Å². The van der Waals surface area contributed by atoms with Crippen molar-refractivity contribution in [3.8, 4) is 11.3 Å². The lowest BCUT2D eigenvalue weighted by molar-refractivity contribution is 0.457. The molecule has 0 aliphatic heterocycles. The van der Waals surface area contributed by atoms with E-state index in [9.17, 15) is 4.39 Å². The Morgan fingerprint density at radius 1 is 1.27 bits per heavy atom. The molecule has 0 unspecified atom stereocenters. The Morgan fingerprint density at radius 2 is 2.05 bits per heavy atom. The summed E-state index contributed by atoms with van der Waals surface area (Å²) in [6, 6.07) is 12.0. The highest BCUT2D eigenvalue weighted by molar-refractivity contribution is 5.92. The monoisotopic (exact) mass is 318 g/mol. The van der Waals surface area contributed by atoms with Crippen LogP contribution in [0.3, 0.4) is 0 Å². The second-order valence-corrected chi connectivity index (χ2v) is 4.89. The van der Waals surface area contributed by atoms with Crippen molar-refractivity contribution < 1.29 is 8.91 Å². The average molecular weight is 319 g/mol. The molecule has 0 fully saturated rings. The van der Waals surface area contributed by atoms with Crippen molar-refractivity contribution in [2.75, 3.05) is 0 Å². The number of nitrogens with two attached hydrogens (primary N) is 1. The van der Waals surface area contributed by atoms with Crippen LogP contribution in [0.4, 0.5) is 4.39 Å². The standard InChI is InChI=1S/C17H15FN2O.ClH/c1-2-5-15(19)12-6-3-4-7-13(12)17-14-9-8-11(18)10-16(14)21-20-17;/h2-4,6-10,15H,1,5,19H2;1H/t15-;/m0./s1. The van der Waals surface area contributed by atoms with E-state index in [2.05, 4.69) is 11.7 Å². The van der Waals surface area contributed by atoms with Crippen molar-refractivity contribution in [1.82, 2.24) is 5.16 Å². The summed E-state index contributed by atoms with van der Waals surface area (Å²) in [5.41, 5.74) is 9.17. The Morgan fingerprint density at radius 3 is 2.82 bits per heavy atom. The molecule has 0 saturated heterocycles. The lowest BCUT2D eigenvalue weighted by atomic mass is 9.95. The molecule has 0 bridgehead atoms. The van der Waals surface area contributed by atoms with Crippen LogP contribution in [0.2, 0.25) is 0 Å². The number of benzene rings is 2. The first-order chi connectivity index (χ1) is 10.2. The molecule has 0 aliphatic carbocycles. The van der Waals surface area contributed by atoms with E-state index < -0.39 is 0 Å². The maximum absolute atomic E-state index is 13.2. The Balaban J connectivity index is 0.00000176. The van der Waals surface area contributed by atoms with Gasteiger partial charge in [0.05, 0.1) is 0 Å². The second kappa shape index (κ2) is 6.73. The zero-order valence-corrected chi connectivity index (χ0v) is 12.6. The first-order valence-electron chi connectivity index (χ1n) is 6.71. The molecule has 0 saturated carbocycles. The van der Waals surface area contributed by atoms with Gasteiger partial charge in [-0.15, -0.1) is 19.0 Å². The number of halogens is 2. The maximum atomic E-state index is 13.2. The van der Waals surface area contributed by atoms with E-state index in [0.717, 1.165) is 16.5 Å². The van der Waals surface area contributed by atoms with E-state index in [1.807, 2.05) is 24.3 Å². The topological polar surface area (TPSA) is 52.0 Å². The molecule has 3 aromatic rings. The molecular weight excluding hydrogens is 303 g/mol. The molecule has 114 valence electrons. The number of aromatic nitrogens is 1. The van der Waals surface area contributed by atoms with Gasteiger partial charge in [0.15, 0.2) is 5.58 Å². The number of rotatable bonds is 4. The van der Waals surface area contributed by atoms with E-state index >= 15 is 0 Å². The Hall–Kier alpha value is -2.17. The van der Waals surface area contributed by atoms with Crippen molar-refractivity contribution in [3.05, 3.63) is 66.5 Å². The van der Waals surface area contributed by atoms with Gasteiger partial charge >= 0.3 is 0 Å². The summed E-state index contributed by atoms with van der Waals surface area (Å²) in [6.07, 6.45) is 2.46. The Bertz CT molecular complexity index is 800. The van der Waals surface area contributed by atoms with Crippen LogP contribution in [0.1, 0.15) is 18.0 Å². The zero-order chi connectivity index (χ0) is 14.8. The molecule has 0 aliphatic rings. The van der Waals surface area contributed by atoms with Crippen LogP contribution in [-0.2, 0) is 0 Å². The molecule has 0 spiro atoms. The SMILES string of the molecule is C=CC[C@H](N)c1ccccc1-c1noc2cc(F)ccc12.Cl. The highest BCUT2D eigenvalue weighted by Gasteiger charge is 2.17. The average Bonchev–Trinajstić information content (AvgIpc) is 2.90. The Labute approximate surface area is 134 Å². The lowest BCUT2D eigenvalue weighted by Crippen LogP contribution is -2.10. The van der Waals surface area contributed by atoms with Gasteiger partial charge in [-0.3, -0.25) is 0 Å². The van der Waals surface area contributed by atoms with Crippen molar-refractivity contribution >= 4 is 23.4 Å². The number of nitrogens with zero attached hydrogens (tertiary/aromatic N) is 1. The van der Waals surface area contributed by atoms with Crippen LogP contribution in [0.25, 0.3) is 22.2 Å². The van der Waals surface area contributed by atoms with Crippen LogP contribution < -0.4 is 5.73 Å². The van der Waals surface area contributed by atoms with Gasteiger partial charge in [-0.2, -0.15) is 0 Å². The first kappa shape index (κ1) is 16.2. The summed E-state index contributed by atoms with van der Waals surface area (Å²) < 4.78 is 18.5. The molecule has 2 aromatic carbocycles. The molecule has 0 amide bonds. The molecule has 1 atom stereocenters. The minimum absolute atomic E-state index is 0. The number of hydrogen-bond acceptors (Lipinski definition) is 3. The Kier molecular flexibility index (Phi) is 4.96. The smallest absolute Gasteiger partial charge is 0.170 e. The van der Waals surface area contributed by atoms with Gasteiger partial charge in [0.25, 0.3) is 0 Å². The van der Waals surface area contributed by atoms with Gasteiger partial charge in [-0.1, -0.05) is 35.5 Å². The normalized spacial score (nSPS) is 11.9. The van der Waals surface area contributed by atoms with Gasteiger partial charge in [0.2, 0.25) is 0 Å². The van der Waals surface area contributed by atoms with E-state index in [4.69, 9.17) is 10.3 Å². The molecule has 3 rings (SSSR count). The van der Waals surface area contributed by atoms with Crippen molar-refractivity contribution in [1.29, 1.82) is 0 Å². The fourth-order valence-electron chi connectivity index (χ4n) is 2.45. The lowest BCUT2D eigenvalue weighted by Gasteiger charge is -2.13. The molecule has 1 heterocycles. The van der Waals surface area contributed by atoms with Crippen molar-refractivity contribution in [2.24, 2.45) is 5.73 Å². The first-order valence-corrected chi connectivity index (χ1v) is 6.71. The highest BCUT2D eigenvalue weighted by atomic mass is 35.5. The third kappa shape index (κ3) is 2.89. The second-order valence-electron chi connectivity index (χ2n) is 4.89. The largest absolute Gasteiger partial charge is 0.356 e. The van der Waals surface area contributed by atoms with E-state index in [-0.39, 0.29) is 24.3 Å². The van der Waals surface area contributed by atoms with Crippen molar-refractivity contribution in [3.63, 3.8) is 0 Å². The van der Waals surface area contributed by atoms with E-state index in [0.29, 0.717) is 17.7 Å². The minimum atomic E-state index is -0.346. The zero-order valence-electron chi connectivity index (χ0n) is 11.8. The predicted molar refractivity (Wildman–Crippen MR) is 88.4 cm³/mol. The molecule has 2 N–H and O–H groups in total. The summed E-state index contributed by atoms with van der Waals surface area (Å²) >= 11 is 0. The van der Waals surface area contributed by atoms with Crippen LogP contribution in [0.5, 0.6) is 0 Å². The summed E-state index contributed by atoms with van der Waals surface area (Å²) in [6.45, 7) is 3.72. The van der Waals surface area contributed by atoms with Crippen LogP contribution in [-0.4, -0.2) is 5.16 Å². The van der Waals surface area contributed by atoms with Crippen LogP contribution in [0.15, 0.2) is 59.6 Å². The van der Waals surface area contributed by atoms with Gasteiger partial charge < -0.3 is 10.3 Å². The molecular formula is C17H16ClFN2O. The quantitative estimate of drug-likeness (QED) is 0.713. The molecule has 22 heavy (non-hydrogen) atoms. The molecule has 1 aromatic heterocycles. The van der Waals surface area contributed by atoms with Gasteiger partial charge in [0.1, 0.15) is 11.5 Å². The number of fused-ring (bicyclic) bond motifs is 1. The third-order valence-electron chi connectivity index (χ3n) is 3.47. The summed E-state index contributed by atoms with van der Waals surface area (Å²) in [4.78, 5) is 0. The van der Waals surface area contributed by atoms with Crippen LogP contribution in [0, 0.1) is 5.82 Å². The third-order valence-corrected chi connectivity index (χ3v) is 3.47. The predicted octanol–water partition coefficient (Wildman–Crippen LogP) is 4.63. The highest BCUT2D eigenvalue weighted by Crippen LogP contribution is 2.33. The summed E-state index contributed by atoms with van der Waals surface area (Å²) in [7, 11) is 0. The molecule has 5 heteroatoms. The fourth-order valence-corrected chi connectivity index (χ4v) is 2.45. The summed E-state index contributed by atoms with van der Waals surface area (Å²) in [5.74, 6) is -0.346. The van der Waals surface area contributed by atoms with Crippen molar-refractivity contribution in [2.45, 2.75) is 12.5 Å². The summed E-state index contributed by atoms with van der Waals surface area (Å²) in [5, 5.41) is 4.86. The van der Waals surface area contributed by atoms with Crippen LogP contribution >= 0.6 is 12.4 Å². The minimum Gasteiger partial charge on any atom is -0.356 e. The van der Waals surface area contributed by atoms with Gasteiger partial charge in [0, 0.05) is 23.1 Å². The maximum Gasteiger partial charge on any atom is 0.170 e. The van der Waals surface area contributed by atoms with E-state index in [1.54, 1.807) is 12.1 Å². The number of hydrogen-bond donors (Lipinski definition) is 1.